The maximum absolute atomic E-state index is 4.16. The first-order chi connectivity index (χ1) is 22.0. The van der Waals surface area contributed by atoms with Crippen LogP contribution < -0.4 is 4.90 Å². The molecule has 1 atom stereocenters. The van der Waals surface area contributed by atoms with E-state index in [0.717, 1.165) is 19.3 Å². The summed E-state index contributed by atoms with van der Waals surface area (Å²) in [5.41, 5.74) is 10.3. The maximum Gasteiger partial charge on any atom is 0.209 e. The number of allylic oxidation sites excluding steroid dienone is 5. The van der Waals surface area contributed by atoms with E-state index in [2.05, 4.69) is 183 Å². The Morgan fingerprint density at radius 1 is 0.733 bits per heavy atom. The van der Waals surface area contributed by atoms with Gasteiger partial charge in [-0.1, -0.05) is 127 Å². The molecule has 5 aromatic carbocycles. The molecule has 0 N–H and O–H groups in total. The van der Waals surface area contributed by atoms with Crippen LogP contribution in [0.4, 0.5) is 11.4 Å². The van der Waals surface area contributed by atoms with Crippen LogP contribution in [0.5, 0.6) is 0 Å². The van der Waals surface area contributed by atoms with Gasteiger partial charge in [-0.05, 0) is 54.3 Å². The molecule has 1 unspecified atom stereocenters. The van der Waals surface area contributed by atoms with E-state index in [1.165, 1.54) is 55.8 Å². The molecular formula is C43H41N2+. The SMILES string of the molecule is C=CCC1(C)/C(=C\C=C\C2=[N+](C)c3ccccc3C2(Cc2ccccc2)Cc2ccccc2)N(C)c2c1ccc1ccccc21. The van der Waals surface area contributed by atoms with Crippen molar-refractivity contribution in [3.8, 4) is 0 Å². The summed E-state index contributed by atoms with van der Waals surface area (Å²) >= 11 is 0. The normalized spacial score (nSPS) is 19.4. The fraction of sp³-hybridized carbons (Fsp3) is 0.186. The molecule has 2 nitrogen and oxygen atoms in total. The molecule has 0 radical (unpaired) electrons. The molecule has 222 valence electrons. The highest BCUT2D eigenvalue weighted by Gasteiger charge is 2.50. The predicted octanol–water partition coefficient (Wildman–Crippen LogP) is 9.72. The summed E-state index contributed by atoms with van der Waals surface area (Å²) in [7, 11) is 4.45. The molecule has 45 heavy (non-hydrogen) atoms. The van der Waals surface area contributed by atoms with Crippen molar-refractivity contribution < 1.29 is 4.58 Å². The molecule has 0 fully saturated rings. The molecule has 0 spiro atoms. The molecule has 0 saturated carbocycles. The van der Waals surface area contributed by atoms with E-state index in [-0.39, 0.29) is 10.8 Å². The lowest BCUT2D eigenvalue weighted by Gasteiger charge is -2.29. The number of hydrogen-bond acceptors (Lipinski definition) is 1. The first-order valence-corrected chi connectivity index (χ1v) is 16.0. The van der Waals surface area contributed by atoms with Crippen LogP contribution in [-0.2, 0) is 23.7 Å². The predicted molar refractivity (Wildman–Crippen MR) is 191 cm³/mol. The van der Waals surface area contributed by atoms with Crippen molar-refractivity contribution in [1.82, 2.24) is 0 Å². The number of benzene rings is 5. The second-order valence-corrected chi connectivity index (χ2v) is 12.8. The number of para-hydroxylation sites is 1. The Kier molecular flexibility index (Phi) is 7.37. The lowest BCUT2D eigenvalue weighted by atomic mass is 9.69. The molecule has 2 heteroatoms. The molecule has 0 bridgehead atoms. The van der Waals surface area contributed by atoms with Gasteiger partial charge in [0.25, 0.3) is 0 Å². The summed E-state index contributed by atoms with van der Waals surface area (Å²) in [5, 5.41) is 2.57. The first kappa shape index (κ1) is 28.8. The lowest BCUT2D eigenvalue weighted by Crippen LogP contribution is -2.38. The average molecular weight is 586 g/mol. The largest absolute Gasteiger partial charge is 0.347 e. The summed E-state index contributed by atoms with van der Waals surface area (Å²) in [6, 6.07) is 44.2. The van der Waals surface area contributed by atoms with Crippen LogP contribution in [0.1, 0.15) is 35.6 Å². The smallest absolute Gasteiger partial charge is 0.209 e. The van der Waals surface area contributed by atoms with E-state index >= 15 is 0 Å². The second-order valence-electron chi connectivity index (χ2n) is 12.8. The average Bonchev–Trinajstić information content (AvgIpc) is 3.42. The topological polar surface area (TPSA) is 6.25 Å². The Morgan fingerprint density at radius 2 is 1.36 bits per heavy atom. The third-order valence-corrected chi connectivity index (χ3v) is 10.1. The molecule has 0 saturated heterocycles. The summed E-state index contributed by atoms with van der Waals surface area (Å²) in [6.07, 6.45) is 11.8. The van der Waals surface area contributed by atoms with E-state index in [1.807, 2.05) is 0 Å². The third kappa shape index (κ3) is 4.77. The Labute approximate surface area is 268 Å². The Bertz CT molecular complexity index is 1940. The van der Waals surface area contributed by atoms with Crippen molar-refractivity contribution in [3.05, 3.63) is 180 Å². The highest BCUT2D eigenvalue weighted by Crippen LogP contribution is 2.52. The van der Waals surface area contributed by atoms with Gasteiger partial charge in [-0.15, -0.1) is 6.58 Å². The van der Waals surface area contributed by atoms with E-state index in [0.29, 0.717) is 0 Å². The highest BCUT2D eigenvalue weighted by atomic mass is 15.2. The number of anilines is 1. The number of fused-ring (bicyclic) bond motifs is 4. The summed E-state index contributed by atoms with van der Waals surface area (Å²) in [5.74, 6) is 0. The zero-order valence-corrected chi connectivity index (χ0v) is 26.6. The van der Waals surface area contributed by atoms with Gasteiger partial charge in [0.05, 0.1) is 11.1 Å². The van der Waals surface area contributed by atoms with Gasteiger partial charge in [0, 0.05) is 41.3 Å². The van der Waals surface area contributed by atoms with Crippen molar-refractivity contribution in [2.75, 3.05) is 19.0 Å². The fourth-order valence-corrected chi connectivity index (χ4v) is 8.07. The Hall–Kier alpha value is -4.95. The third-order valence-electron chi connectivity index (χ3n) is 10.1. The van der Waals surface area contributed by atoms with Crippen LogP contribution in [0.2, 0.25) is 0 Å². The van der Waals surface area contributed by atoms with E-state index < -0.39 is 0 Å². The quantitative estimate of drug-likeness (QED) is 0.130. The van der Waals surface area contributed by atoms with Crippen LogP contribution >= 0.6 is 0 Å². The number of rotatable bonds is 8. The van der Waals surface area contributed by atoms with Gasteiger partial charge in [-0.2, -0.15) is 4.58 Å². The van der Waals surface area contributed by atoms with E-state index in [1.54, 1.807) is 0 Å². The fourth-order valence-electron chi connectivity index (χ4n) is 8.07. The van der Waals surface area contributed by atoms with E-state index in [9.17, 15) is 0 Å². The minimum Gasteiger partial charge on any atom is -0.347 e. The summed E-state index contributed by atoms with van der Waals surface area (Å²) in [6.45, 7) is 6.53. The minimum atomic E-state index is -0.214. The standard InChI is InChI=1S/C43H41N2/c1-5-29-42(2)37-28-27-34-21-12-13-22-35(34)41(37)45(4)39(42)25-16-26-40-43(30-32-17-8-6-9-18-32,31-33-19-10-7-11-20-33)36-23-14-15-24-38(36)44(40)3/h5-28H,1,29-31H2,2-4H3/q+1. The number of hydrogen-bond donors (Lipinski definition) is 0. The summed E-state index contributed by atoms with van der Waals surface area (Å²) < 4.78 is 2.42. The van der Waals surface area contributed by atoms with Gasteiger partial charge >= 0.3 is 0 Å². The van der Waals surface area contributed by atoms with Crippen molar-refractivity contribution in [2.45, 2.75) is 37.0 Å². The first-order valence-electron chi connectivity index (χ1n) is 16.0. The summed E-state index contributed by atoms with van der Waals surface area (Å²) in [4.78, 5) is 2.41. The van der Waals surface area contributed by atoms with Crippen molar-refractivity contribution in [2.24, 2.45) is 0 Å². The van der Waals surface area contributed by atoms with Gasteiger partial charge in [0.2, 0.25) is 5.69 Å². The minimum absolute atomic E-state index is 0.166. The van der Waals surface area contributed by atoms with Crippen LogP contribution in [0.3, 0.4) is 0 Å². The molecule has 7 rings (SSSR count). The van der Waals surface area contributed by atoms with Gasteiger partial charge in [0.15, 0.2) is 5.71 Å². The van der Waals surface area contributed by atoms with Crippen LogP contribution in [0.25, 0.3) is 10.8 Å². The van der Waals surface area contributed by atoms with Crippen LogP contribution in [-0.4, -0.2) is 24.4 Å². The van der Waals surface area contributed by atoms with Crippen LogP contribution in [0, 0.1) is 0 Å². The van der Waals surface area contributed by atoms with Gasteiger partial charge in [0.1, 0.15) is 7.05 Å². The van der Waals surface area contributed by atoms with Crippen molar-refractivity contribution in [3.63, 3.8) is 0 Å². The maximum atomic E-state index is 4.16. The highest BCUT2D eigenvalue weighted by molar-refractivity contribution is 6.04. The Balaban J connectivity index is 1.36. The molecule has 5 aromatic rings. The lowest BCUT2D eigenvalue weighted by molar-refractivity contribution is -0.401. The van der Waals surface area contributed by atoms with Gasteiger partial charge in [-0.25, -0.2) is 0 Å². The second kappa shape index (κ2) is 11.5. The van der Waals surface area contributed by atoms with Crippen molar-refractivity contribution in [1.29, 1.82) is 0 Å². The van der Waals surface area contributed by atoms with Gasteiger partial charge < -0.3 is 4.90 Å². The van der Waals surface area contributed by atoms with Crippen LogP contribution in [0.15, 0.2) is 158 Å². The monoisotopic (exact) mass is 585 g/mol. The number of nitrogens with zero attached hydrogens (tertiary/aromatic N) is 2. The van der Waals surface area contributed by atoms with Crippen molar-refractivity contribution >= 4 is 27.9 Å². The molecule has 0 amide bonds. The number of likely N-dealkylation sites (N-methyl/N-ethyl adjacent to an activating group) is 1. The van der Waals surface area contributed by atoms with E-state index in [4.69, 9.17) is 0 Å². The molecule has 0 aromatic heterocycles. The molecule has 0 aliphatic carbocycles. The zero-order chi connectivity index (χ0) is 31.0. The molecular weight excluding hydrogens is 544 g/mol. The molecule has 2 aliphatic heterocycles. The van der Waals surface area contributed by atoms with Gasteiger partial charge in [-0.3, -0.25) is 0 Å². The molecule has 2 aliphatic rings. The Morgan fingerprint density at radius 3 is 2.04 bits per heavy atom. The molecule has 2 heterocycles. The zero-order valence-electron chi connectivity index (χ0n) is 26.6.